The lowest BCUT2D eigenvalue weighted by Gasteiger charge is -2.34. The average Bonchev–Trinajstić information content (AvgIpc) is 2.89. The van der Waals surface area contributed by atoms with Crippen molar-refractivity contribution in [2.75, 3.05) is 28.7 Å². The molecule has 1 aromatic carbocycles. The van der Waals surface area contributed by atoms with Gasteiger partial charge in [-0.1, -0.05) is 6.92 Å². The van der Waals surface area contributed by atoms with Gasteiger partial charge in [0.1, 0.15) is 30.4 Å². The Labute approximate surface area is 172 Å². The molecule has 3 heterocycles. The van der Waals surface area contributed by atoms with Crippen LogP contribution in [0.1, 0.15) is 35.7 Å². The number of carboxylic acid groups (broad SMARTS) is 1. The number of aromatic nitrogens is 2. The second-order valence-electron chi connectivity index (χ2n) is 7.08. The molecule has 0 fully saturated rings. The van der Waals surface area contributed by atoms with Crippen molar-refractivity contribution in [2.24, 2.45) is 0 Å². The molecule has 0 radical (unpaired) electrons. The van der Waals surface area contributed by atoms with Crippen LogP contribution in [0.4, 0.5) is 17.2 Å². The van der Waals surface area contributed by atoms with Gasteiger partial charge in [0.15, 0.2) is 0 Å². The lowest BCUT2D eigenvalue weighted by atomic mass is 9.97. The number of rotatable bonds is 4. The van der Waals surface area contributed by atoms with Crippen molar-refractivity contribution < 1.29 is 24.2 Å². The Balaban J connectivity index is 1.73. The van der Waals surface area contributed by atoms with Gasteiger partial charge in [-0.2, -0.15) is 0 Å². The molecule has 10 nitrogen and oxygen atoms in total. The molecule has 0 bridgehead atoms. The van der Waals surface area contributed by atoms with Crippen LogP contribution in [-0.4, -0.2) is 52.1 Å². The molecule has 1 aromatic heterocycles. The largest absolute Gasteiger partial charge is 0.480 e. The van der Waals surface area contributed by atoms with Crippen LogP contribution in [0.5, 0.6) is 5.88 Å². The molecule has 0 aliphatic carbocycles. The van der Waals surface area contributed by atoms with E-state index in [4.69, 9.17) is 10.5 Å². The molecule has 3 N–H and O–H groups in total. The summed E-state index contributed by atoms with van der Waals surface area (Å²) in [4.78, 5) is 48.0. The second kappa shape index (κ2) is 7.62. The summed E-state index contributed by atoms with van der Waals surface area (Å²) in [5.74, 6) is -1.45. The first-order valence-electron chi connectivity index (χ1n) is 9.65. The zero-order valence-electron chi connectivity index (χ0n) is 16.4. The Morgan fingerprint density at radius 2 is 2.10 bits per heavy atom. The third-order valence-corrected chi connectivity index (χ3v) is 5.35. The summed E-state index contributed by atoms with van der Waals surface area (Å²) in [5.41, 5.74) is 7.97. The zero-order chi connectivity index (χ0) is 21.4. The fourth-order valence-corrected chi connectivity index (χ4v) is 3.89. The highest BCUT2D eigenvalue weighted by atomic mass is 16.5. The minimum absolute atomic E-state index is 0.0406. The number of benzene rings is 1. The number of nitrogen functional groups attached to an aromatic ring is 1. The molecule has 4 rings (SSSR count). The Morgan fingerprint density at radius 3 is 2.83 bits per heavy atom. The average molecular weight is 411 g/mol. The van der Waals surface area contributed by atoms with Gasteiger partial charge in [0.25, 0.3) is 5.91 Å². The van der Waals surface area contributed by atoms with Gasteiger partial charge < -0.3 is 20.5 Å². The number of carbonyl (C=O) groups is 3. The fraction of sp³-hybridized carbons (Fsp3) is 0.350. The topological polar surface area (TPSA) is 139 Å². The molecule has 1 atom stereocenters. The predicted molar refractivity (Wildman–Crippen MR) is 108 cm³/mol. The summed E-state index contributed by atoms with van der Waals surface area (Å²) in [6.07, 6.45) is 2.21. The van der Waals surface area contributed by atoms with Crippen LogP contribution < -0.4 is 20.3 Å². The van der Waals surface area contributed by atoms with E-state index in [2.05, 4.69) is 9.97 Å². The van der Waals surface area contributed by atoms with Gasteiger partial charge in [0, 0.05) is 17.8 Å². The van der Waals surface area contributed by atoms with Crippen LogP contribution in [0.3, 0.4) is 0 Å². The molecule has 2 aliphatic heterocycles. The van der Waals surface area contributed by atoms with Crippen LogP contribution in [0.2, 0.25) is 0 Å². The third-order valence-electron chi connectivity index (χ3n) is 5.35. The van der Waals surface area contributed by atoms with E-state index in [9.17, 15) is 19.5 Å². The number of hydrogen-bond acceptors (Lipinski definition) is 7. The number of aryl methyl sites for hydroxylation is 1. The zero-order valence-corrected chi connectivity index (χ0v) is 16.4. The fourth-order valence-electron chi connectivity index (χ4n) is 3.89. The standard InChI is InChI=1S/C20H21N5O5/c1-2-13(20(28)29)25-14-5-4-12(9-11(14)3-6-15(25)26)24-7-8-30-18-16(19(24)27)17(21)22-10-23-18/h4-5,9-10,13H,2-3,6-8H2,1H3,(H,28,29)(H2,21,22,23). The van der Waals surface area contributed by atoms with Crippen molar-refractivity contribution in [3.63, 3.8) is 0 Å². The summed E-state index contributed by atoms with van der Waals surface area (Å²) in [6.45, 7) is 2.24. The molecule has 156 valence electrons. The van der Waals surface area contributed by atoms with Gasteiger partial charge in [-0.3, -0.25) is 14.5 Å². The Morgan fingerprint density at radius 1 is 1.30 bits per heavy atom. The maximum absolute atomic E-state index is 13.1. The Kier molecular flexibility index (Phi) is 4.98. The molecule has 10 heteroatoms. The molecule has 30 heavy (non-hydrogen) atoms. The predicted octanol–water partition coefficient (Wildman–Crippen LogP) is 1.24. The van der Waals surface area contributed by atoms with Crippen molar-refractivity contribution in [3.8, 4) is 5.88 Å². The van der Waals surface area contributed by atoms with Crippen LogP contribution in [0, 0.1) is 0 Å². The quantitative estimate of drug-likeness (QED) is 0.766. The maximum Gasteiger partial charge on any atom is 0.326 e. The van der Waals surface area contributed by atoms with Gasteiger partial charge in [0.05, 0.1) is 6.54 Å². The monoisotopic (exact) mass is 411 g/mol. The highest BCUT2D eigenvalue weighted by molar-refractivity contribution is 6.11. The van der Waals surface area contributed by atoms with E-state index in [0.717, 1.165) is 5.56 Å². The SMILES string of the molecule is CCC(C(=O)O)N1C(=O)CCc2cc(N3CCOc4ncnc(N)c4C3=O)ccc21. The van der Waals surface area contributed by atoms with E-state index in [1.807, 2.05) is 6.07 Å². The highest BCUT2D eigenvalue weighted by Crippen LogP contribution is 2.35. The molecule has 2 amide bonds. The minimum Gasteiger partial charge on any atom is -0.480 e. The highest BCUT2D eigenvalue weighted by Gasteiger charge is 2.35. The third kappa shape index (κ3) is 3.19. The summed E-state index contributed by atoms with van der Waals surface area (Å²) < 4.78 is 5.56. The number of ether oxygens (including phenoxy) is 1. The molecule has 0 saturated heterocycles. The van der Waals surface area contributed by atoms with E-state index in [0.29, 0.717) is 24.2 Å². The lowest BCUT2D eigenvalue weighted by Crippen LogP contribution is -2.47. The molecule has 0 spiro atoms. The summed E-state index contributed by atoms with van der Waals surface area (Å²) in [5, 5.41) is 9.53. The summed E-state index contributed by atoms with van der Waals surface area (Å²) in [7, 11) is 0. The van der Waals surface area contributed by atoms with E-state index in [1.54, 1.807) is 19.1 Å². The van der Waals surface area contributed by atoms with Crippen molar-refractivity contribution in [2.45, 2.75) is 32.2 Å². The van der Waals surface area contributed by atoms with Crippen LogP contribution in [0.15, 0.2) is 24.5 Å². The van der Waals surface area contributed by atoms with Crippen molar-refractivity contribution in [1.29, 1.82) is 0 Å². The number of anilines is 3. The number of fused-ring (bicyclic) bond motifs is 2. The van der Waals surface area contributed by atoms with E-state index in [1.165, 1.54) is 16.1 Å². The van der Waals surface area contributed by atoms with Gasteiger partial charge in [-0.25, -0.2) is 14.8 Å². The minimum atomic E-state index is -1.05. The molecule has 1 unspecified atom stereocenters. The molecule has 2 aliphatic rings. The number of amides is 2. The van der Waals surface area contributed by atoms with Crippen molar-refractivity contribution >= 4 is 35.0 Å². The maximum atomic E-state index is 13.1. The molecule has 2 aromatic rings. The smallest absolute Gasteiger partial charge is 0.326 e. The first kappa shape index (κ1) is 19.6. The van der Waals surface area contributed by atoms with Crippen molar-refractivity contribution in [1.82, 2.24) is 9.97 Å². The number of nitrogens with two attached hydrogens (primary N) is 1. The van der Waals surface area contributed by atoms with Gasteiger partial charge in [0.2, 0.25) is 11.8 Å². The Hall–Kier alpha value is -3.69. The van der Waals surface area contributed by atoms with Gasteiger partial charge >= 0.3 is 5.97 Å². The van der Waals surface area contributed by atoms with Crippen LogP contribution in [0.25, 0.3) is 0 Å². The first-order valence-corrected chi connectivity index (χ1v) is 9.65. The van der Waals surface area contributed by atoms with E-state index >= 15 is 0 Å². The number of nitrogens with zero attached hydrogens (tertiary/aromatic N) is 4. The number of carboxylic acids is 1. The summed E-state index contributed by atoms with van der Waals surface area (Å²) in [6, 6.07) is 4.27. The normalized spacial score (nSPS) is 17.0. The van der Waals surface area contributed by atoms with Crippen LogP contribution >= 0.6 is 0 Å². The number of hydrogen-bond donors (Lipinski definition) is 2. The van der Waals surface area contributed by atoms with E-state index < -0.39 is 12.0 Å². The number of aliphatic carboxylic acids is 1. The molecule has 0 saturated carbocycles. The molecular formula is C20H21N5O5. The Bertz CT molecular complexity index is 1040. The van der Waals surface area contributed by atoms with E-state index in [-0.39, 0.29) is 48.6 Å². The first-order chi connectivity index (χ1) is 14.4. The van der Waals surface area contributed by atoms with Crippen LogP contribution in [-0.2, 0) is 16.0 Å². The number of carbonyl (C=O) groups excluding carboxylic acids is 2. The van der Waals surface area contributed by atoms with Crippen molar-refractivity contribution in [3.05, 3.63) is 35.7 Å². The lowest BCUT2D eigenvalue weighted by molar-refractivity contribution is -0.140. The molecular weight excluding hydrogens is 390 g/mol. The van der Waals surface area contributed by atoms with Gasteiger partial charge in [-0.05, 0) is 36.6 Å². The second-order valence-corrected chi connectivity index (χ2v) is 7.08. The summed E-state index contributed by atoms with van der Waals surface area (Å²) >= 11 is 0. The van der Waals surface area contributed by atoms with Gasteiger partial charge in [-0.15, -0.1) is 0 Å².